The highest BCUT2D eigenvalue weighted by molar-refractivity contribution is 6.58. The van der Waals surface area contributed by atoms with Crippen LogP contribution in [0.4, 0.5) is 10.1 Å². The van der Waals surface area contributed by atoms with Crippen molar-refractivity contribution < 1.29 is 28.7 Å². The predicted octanol–water partition coefficient (Wildman–Crippen LogP) is 5.76. The van der Waals surface area contributed by atoms with Crippen LogP contribution in [0.2, 0.25) is 0 Å². The van der Waals surface area contributed by atoms with Gasteiger partial charge >= 0.3 is 0 Å². The molecule has 4 amide bonds. The molecule has 1 saturated carbocycles. The van der Waals surface area contributed by atoms with Gasteiger partial charge in [-0.05, 0) is 79.1 Å². The molecule has 5 aliphatic rings. The summed E-state index contributed by atoms with van der Waals surface area (Å²) in [6.45, 7) is 2.29. The van der Waals surface area contributed by atoms with Gasteiger partial charge in [0.15, 0.2) is 9.75 Å². The number of rotatable bonds is 5. The third kappa shape index (κ3) is 4.80. The van der Waals surface area contributed by atoms with Crippen molar-refractivity contribution in [2.24, 2.45) is 17.8 Å². The number of benzene rings is 3. The summed E-state index contributed by atoms with van der Waals surface area (Å²) in [5.41, 5.74) is 2.56. The van der Waals surface area contributed by atoms with Crippen molar-refractivity contribution in [2.45, 2.75) is 53.9 Å². The van der Waals surface area contributed by atoms with Gasteiger partial charge < -0.3 is 5.11 Å². The van der Waals surface area contributed by atoms with Crippen molar-refractivity contribution >= 4 is 52.5 Å². The molecule has 49 heavy (non-hydrogen) atoms. The second kappa shape index (κ2) is 11.8. The molecule has 0 bridgehead atoms. The second-order valence-corrected chi connectivity index (χ2v) is 15.1. The van der Waals surface area contributed by atoms with Crippen LogP contribution < -0.4 is 4.90 Å². The van der Waals surface area contributed by atoms with Crippen molar-refractivity contribution in [1.82, 2.24) is 9.80 Å². The Labute approximate surface area is 293 Å². The van der Waals surface area contributed by atoms with Gasteiger partial charge in [0.25, 0.3) is 11.8 Å². The van der Waals surface area contributed by atoms with Gasteiger partial charge in [-0.25, -0.2) is 9.29 Å². The van der Waals surface area contributed by atoms with Crippen LogP contribution in [-0.2, 0) is 25.7 Å². The van der Waals surface area contributed by atoms with E-state index < -0.39 is 51.1 Å². The SMILES string of the molecule is O=C1[C@H]2[C@H](CC=C3[C@H]2C[C@@]2(Cl)C(=O)N(c4ccc(F)cc4)C(=O)[C@@]2(Cl)[C@H]3c2ccc(O)cc2)C(=O)N1C1CCN(Cc2ccccc2)CC1. The number of phenols is 1. The zero-order valence-electron chi connectivity index (χ0n) is 26.5. The van der Waals surface area contributed by atoms with Gasteiger partial charge in [-0.2, -0.15) is 0 Å². The van der Waals surface area contributed by atoms with E-state index >= 15 is 0 Å². The standard InChI is InChI=1S/C38H34Cl2FN3O5/c39-37-20-30-28(14-15-29-31(30)34(47)43(33(29)46)26-16-18-42(19-17-26)21-22-4-2-1-3-5-22)32(23-6-12-27(45)13-7-23)38(37,40)36(49)44(35(37)48)25-10-8-24(41)9-11-25/h1-14,26,29-32,45H,15-21H2/t29-,30+,31-,32-,37+,38-/m0/s1. The molecule has 2 aliphatic carbocycles. The lowest BCUT2D eigenvalue weighted by atomic mass is 9.56. The van der Waals surface area contributed by atoms with Gasteiger partial charge in [-0.3, -0.25) is 29.0 Å². The Morgan fingerprint density at radius 1 is 0.816 bits per heavy atom. The number of carbonyl (C=O) groups excluding carboxylic acids is 4. The third-order valence-corrected chi connectivity index (χ3v) is 12.7. The number of allylic oxidation sites excluding steroid dienone is 2. The average Bonchev–Trinajstić information content (AvgIpc) is 3.44. The van der Waals surface area contributed by atoms with Crippen molar-refractivity contribution in [3.63, 3.8) is 0 Å². The van der Waals surface area contributed by atoms with E-state index in [1.54, 1.807) is 12.1 Å². The number of nitrogens with zero attached hydrogens (tertiary/aromatic N) is 3. The molecular weight excluding hydrogens is 668 g/mol. The molecule has 8 rings (SSSR count). The number of aromatic hydroxyl groups is 1. The van der Waals surface area contributed by atoms with E-state index in [1.807, 2.05) is 24.3 Å². The Morgan fingerprint density at radius 2 is 1.49 bits per heavy atom. The number of halogens is 3. The first-order chi connectivity index (χ1) is 23.5. The molecule has 252 valence electrons. The Bertz CT molecular complexity index is 1880. The Balaban J connectivity index is 1.13. The van der Waals surface area contributed by atoms with E-state index in [2.05, 4.69) is 17.0 Å². The lowest BCUT2D eigenvalue weighted by molar-refractivity contribution is -0.144. The number of alkyl halides is 2. The van der Waals surface area contributed by atoms with Crippen LogP contribution in [0.25, 0.3) is 0 Å². The molecule has 0 radical (unpaired) electrons. The molecule has 0 unspecified atom stereocenters. The highest BCUT2D eigenvalue weighted by Gasteiger charge is 2.76. The Morgan fingerprint density at radius 3 is 2.16 bits per heavy atom. The minimum Gasteiger partial charge on any atom is -0.508 e. The minimum absolute atomic E-state index is 0.00153. The number of anilines is 1. The van der Waals surface area contributed by atoms with Crippen LogP contribution in [0.15, 0.2) is 90.5 Å². The lowest BCUT2D eigenvalue weighted by Crippen LogP contribution is -2.60. The quantitative estimate of drug-likeness (QED) is 0.207. The predicted molar refractivity (Wildman–Crippen MR) is 181 cm³/mol. The molecular formula is C38H34Cl2FN3O5. The zero-order chi connectivity index (χ0) is 34.2. The van der Waals surface area contributed by atoms with Crippen molar-refractivity contribution in [1.29, 1.82) is 0 Å². The summed E-state index contributed by atoms with van der Waals surface area (Å²) in [5, 5.41) is 10.1. The van der Waals surface area contributed by atoms with Crippen LogP contribution in [0.1, 0.15) is 42.7 Å². The number of likely N-dealkylation sites (tertiary alicyclic amines) is 2. The highest BCUT2D eigenvalue weighted by atomic mass is 35.5. The molecule has 3 heterocycles. The molecule has 4 fully saturated rings. The number of hydrogen-bond donors (Lipinski definition) is 1. The molecule has 8 nitrogen and oxygen atoms in total. The summed E-state index contributed by atoms with van der Waals surface area (Å²) in [6.07, 6.45) is 3.37. The minimum atomic E-state index is -2.01. The number of imide groups is 2. The fourth-order valence-corrected chi connectivity index (χ4v) is 9.94. The first-order valence-corrected chi connectivity index (χ1v) is 17.4. The van der Waals surface area contributed by atoms with Crippen LogP contribution in [0.3, 0.4) is 0 Å². The molecule has 3 aromatic rings. The highest BCUT2D eigenvalue weighted by Crippen LogP contribution is 2.66. The maximum absolute atomic E-state index is 14.5. The summed E-state index contributed by atoms with van der Waals surface area (Å²) < 4.78 is 13.9. The zero-order valence-corrected chi connectivity index (χ0v) is 28.0. The first kappa shape index (κ1) is 32.2. The van der Waals surface area contributed by atoms with E-state index in [4.69, 9.17) is 23.2 Å². The topological polar surface area (TPSA) is 98.2 Å². The number of hydrogen-bond acceptors (Lipinski definition) is 6. The normalized spacial score (nSPS) is 31.9. The molecule has 3 saturated heterocycles. The van der Waals surface area contributed by atoms with Gasteiger partial charge in [-0.1, -0.05) is 54.1 Å². The van der Waals surface area contributed by atoms with Crippen LogP contribution >= 0.6 is 23.2 Å². The second-order valence-electron chi connectivity index (χ2n) is 13.9. The smallest absolute Gasteiger partial charge is 0.258 e. The van der Waals surface area contributed by atoms with E-state index in [0.29, 0.717) is 24.0 Å². The van der Waals surface area contributed by atoms with Crippen LogP contribution in [0.5, 0.6) is 5.75 Å². The monoisotopic (exact) mass is 701 g/mol. The van der Waals surface area contributed by atoms with Crippen molar-refractivity contribution in [2.75, 3.05) is 18.0 Å². The number of carbonyl (C=O) groups is 4. The van der Waals surface area contributed by atoms with Gasteiger partial charge in [0.05, 0.1) is 17.5 Å². The van der Waals surface area contributed by atoms with Gasteiger partial charge in [0.2, 0.25) is 11.8 Å². The van der Waals surface area contributed by atoms with E-state index in [0.717, 1.165) is 36.7 Å². The van der Waals surface area contributed by atoms with Gasteiger partial charge in [0, 0.05) is 31.6 Å². The third-order valence-electron chi connectivity index (χ3n) is 11.3. The number of fused-ring (bicyclic) bond motifs is 4. The summed E-state index contributed by atoms with van der Waals surface area (Å²) >= 11 is 14.8. The summed E-state index contributed by atoms with van der Waals surface area (Å²) in [5.74, 6) is -5.52. The summed E-state index contributed by atoms with van der Waals surface area (Å²) in [4.78, 5) is 58.0. The van der Waals surface area contributed by atoms with Crippen LogP contribution in [0, 0.1) is 23.6 Å². The maximum atomic E-state index is 14.5. The average molecular weight is 703 g/mol. The lowest BCUT2D eigenvalue weighted by Gasteiger charge is -2.50. The number of piperidine rings is 1. The van der Waals surface area contributed by atoms with Crippen molar-refractivity contribution in [3.8, 4) is 5.75 Å². The van der Waals surface area contributed by atoms with Crippen LogP contribution in [-0.4, -0.2) is 67.4 Å². The molecule has 11 heteroatoms. The Hall–Kier alpha value is -4.05. The number of amides is 4. The van der Waals surface area contributed by atoms with Crippen molar-refractivity contribution in [3.05, 3.63) is 107 Å². The summed E-state index contributed by atoms with van der Waals surface area (Å²) in [6, 6.07) is 21.1. The van der Waals surface area contributed by atoms with Gasteiger partial charge in [-0.15, -0.1) is 23.2 Å². The maximum Gasteiger partial charge on any atom is 0.258 e. The Kier molecular flexibility index (Phi) is 7.74. The largest absolute Gasteiger partial charge is 0.508 e. The molecule has 3 aliphatic heterocycles. The summed E-state index contributed by atoms with van der Waals surface area (Å²) in [7, 11) is 0. The fourth-order valence-electron chi connectivity index (χ4n) is 9.00. The fraction of sp³-hybridized carbons (Fsp3) is 0.368. The van der Waals surface area contributed by atoms with E-state index in [9.17, 15) is 28.7 Å². The molecule has 0 aromatic heterocycles. The molecule has 3 aromatic carbocycles. The molecule has 0 spiro atoms. The number of phenolic OH excluding ortho intramolecular Hbond substituents is 1. The van der Waals surface area contributed by atoms with Gasteiger partial charge in [0.1, 0.15) is 11.6 Å². The first-order valence-electron chi connectivity index (χ1n) is 16.7. The van der Waals surface area contributed by atoms with E-state index in [1.165, 1.54) is 34.7 Å². The van der Waals surface area contributed by atoms with E-state index in [-0.39, 0.29) is 42.1 Å². The molecule has 1 N–H and O–H groups in total. The molecule has 6 atom stereocenters.